The number of fused-ring (bicyclic) bond motifs is 1. The van der Waals surface area contributed by atoms with Gasteiger partial charge in [-0.2, -0.15) is 5.10 Å². The molecule has 0 saturated carbocycles. The van der Waals surface area contributed by atoms with Crippen LogP contribution in [0.5, 0.6) is 0 Å². The Morgan fingerprint density at radius 3 is 3.00 bits per heavy atom. The number of thiol groups is 1. The second kappa shape index (κ2) is 2.98. The lowest BCUT2D eigenvalue weighted by atomic mass is 10.3. The summed E-state index contributed by atoms with van der Waals surface area (Å²) in [5.41, 5.74) is 1.12. The van der Waals surface area contributed by atoms with E-state index in [1.807, 2.05) is 0 Å². The Bertz CT molecular complexity index is 521. The third-order valence-corrected chi connectivity index (χ3v) is 2.13. The van der Waals surface area contributed by atoms with Crippen LogP contribution in [0.1, 0.15) is 16.1 Å². The smallest absolute Gasteiger partial charge is 0.341 e. The molecule has 2 rings (SSSR count). The zero-order chi connectivity index (χ0) is 10.3. The van der Waals surface area contributed by atoms with Crippen LogP contribution >= 0.6 is 12.6 Å². The molecule has 2 aromatic rings. The molecular weight excluding hydrogens is 202 g/mol. The van der Waals surface area contributed by atoms with Crippen molar-refractivity contribution in [3.63, 3.8) is 0 Å². The van der Waals surface area contributed by atoms with Gasteiger partial charge in [-0.1, -0.05) is 0 Å². The van der Waals surface area contributed by atoms with Gasteiger partial charge in [0.05, 0.1) is 11.2 Å². The maximum Gasteiger partial charge on any atom is 0.341 e. The highest BCUT2D eigenvalue weighted by Crippen LogP contribution is 2.14. The second-order valence-corrected chi connectivity index (χ2v) is 3.31. The number of aromatic carboxylic acids is 1. The first-order chi connectivity index (χ1) is 6.59. The molecule has 0 atom stereocenters. The maximum absolute atomic E-state index is 10.8. The van der Waals surface area contributed by atoms with Crippen LogP contribution in [0.25, 0.3) is 5.65 Å². The minimum atomic E-state index is -1.04. The van der Waals surface area contributed by atoms with Gasteiger partial charge >= 0.3 is 5.97 Å². The lowest BCUT2D eigenvalue weighted by Crippen LogP contribution is -1.99. The van der Waals surface area contributed by atoms with Crippen LogP contribution < -0.4 is 0 Å². The summed E-state index contributed by atoms with van der Waals surface area (Å²) in [5, 5.41) is 13.3. The molecule has 2 heterocycles. The summed E-state index contributed by atoms with van der Waals surface area (Å²) in [4.78, 5) is 14.9. The van der Waals surface area contributed by atoms with Gasteiger partial charge in [0.1, 0.15) is 5.56 Å². The molecule has 0 radical (unpaired) electrons. The van der Waals surface area contributed by atoms with Crippen LogP contribution in [-0.2, 0) is 0 Å². The van der Waals surface area contributed by atoms with E-state index in [0.717, 1.165) is 0 Å². The van der Waals surface area contributed by atoms with Crippen molar-refractivity contribution in [2.45, 2.75) is 11.9 Å². The van der Waals surface area contributed by atoms with Crippen molar-refractivity contribution in [3.8, 4) is 0 Å². The van der Waals surface area contributed by atoms with Crippen molar-refractivity contribution in [3.05, 3.63) is 23.5 Å². The molecule has 0 aliphatic heterocycles. The fraction of sp³-hybridized carbons (Fsp3) is 0.125. The molecule has 0 aliphatic carbocycles. The molecule has 0 unspecified atom stereocenters. The summed E-state index contributed by atoms with van der Waals surface area (Å²) in [6.45, 7) is 1.78. The molecule has 14 heavy (non-hydrogen) atoms. The van der Waals surface area contributed by atoms with Crippen LogP contribution in [-0.4, -0.2) is 25.7 Å². The summed E-state index contributed by atoms with van der Waals surface area (Å²) < 4.78 is 1.39. The molecule has 0 bridgehead atoms. The number of carboxylic acid groups (broad SMARTS) is 1. The van der Waals surface area contributed by atoms with Crippen molar-refractivity contribution in [1.29, 1.82) is 0 Å². The number of aromatic nitrogens is 3. The van der Waals surface area contributed by atoms with Gasteiger partial charge in [0.2, 0.25) is 0 Å². The number of carboxylic acids is 1. The highest BCUT2D eigenvalue weighted by atomic mass is 32.1. The van der Waals surface area contributed by atoms with Crippen molar-refractivity contribution in [2.75, 3.05) is 0 Å². The predicted octanol–water partition coefficient (Wildman–Crippen LogP) is 1.02. The molecule has 2 aromatic heterocycles. The Hall–Kier alpha value is -1.56. The van der Waals surface area contributed by atoms with Gasteiger partial charge in [-0.05, 0) is 13.0 Å². The minimum Gasteiger partial charge on any atom is -0.477 e. The van der Waals surface area contributed by atoms with Crippen molar-refractivity contribution >= 4 is 24.2 Å². The quantitative estimate of drug-likeness (QED) is 0.543. The molecule has 0 amide bonds. The number of aryl methyl sites for hydroxylation is 1. The molecule has 0 spiro atoms. The van der Waals surface area contributed by atoms with E-state index in [-0.39, 0.29) is 5.56 Å². The normalized spacial score (nSPS) is 10.7. The number of carbonyl (C=O) groups is 1. The van der Waals surface area contributed by atoms with E-state index in [9.17, 15) is 4.79 Å². The van der Waals surface area contributed by atoms with Crippen molar-refractivity contribution in [1.82, 2.24) is 14.6 Å². The van der Waals surface area contributed by atoms with Crippen LogP contribution in [0, 0.1) is 6.92 Å². The van der Waals surface area contributed by atoms with E-state index in [4.69, 9.17) is 5.11 Å². The molecular formula is C8H7N3O2S. The van der Waals surface area contributed by atoms with Crippen molar-refractivity contribution < 1.29 is 9.90 Å². The first-order valence-electron chi connectivity index (χ1n) is 3.87. The fourth-order valence-corrected chi connectivity index (χ4v) is 1.55. The summed E-state index contributed by atoms with van der Waals surface area (Å²) in [7, 11) is 0. The predicted molar refractivity (Wildman–Crippen MR) is 51.9 cm³/mol. The third-order valence-electron chi connectivity index (χ3n) is 1.81. The molecule has 5 nitrogen and oxygen atoms in total. The molecule has 0 fully saturated rings. The Balaban J connectivity index is 2.85. The van der Waals surface area contributed by atoms with Crippen LogP contribution in [0.2, 0.25) is 0 Å². The lowest BCUT2D eigenvalue weighted by Gasteiger charge is -1.99. The number of hydrogen-bond acceptors (Lipinski definition) is 4. The summed E-state index contributed by atoms with van der Waals surface area (Å²) >= 11 is 4.17. The highest BCUT2D eigenvalue weighted by molar-refractivity contribution is 7.80. The number of rotatable bonds is 1. The van der Waals surface area contributed by atoms with E-state index < -0.39 is 5.97 Å². The van der Waals surface area contributed by atoms with Gasteiger partial charge in [-0.25, -0.2) is 14.3 Å². The monoisotopic (exact) mass is 209 g/mol. The van der Waals surface area contributed by atoms with Gasteiger partial charge in [0.25, 0.3) is 0 Å². The first-order valence-corrected chi connectivity index (χ1v) is 4.32. The Kier molecular flexibility index (Phi) is 1.92. The van der Waals surface area contributed by atoms with E-state index in [1.54, 1.807) is 13.0 Å². The SMILES string of the molecule is Cc1cc(S)n2ncc(C(=O)O)c2n1. The zero-order valence-corrected chi connectivity index (χ0v) is 8.19. The van der Waals surface area contributed by atoms with Crippen LogP contribution in [0.15, 0.2) is 17.3 Å². The average molecular weight is 209 g/mol. The Labute approximate surface area is 84.8 Å². The van der Waals surface area contributed by atoms with Gasteiger partial charge in [-0.3, -0.25) is 0 Å². The minimum absolute atomic E-state index is 0.0870. The number of hydrogen-bond donors (Lipinski definition) is 2. The third kappa shape index (κ3) is 1.24. The van der Waals surface area contributed by atoms with Crippen molar-refractivity contribution in [2.24, 2.45) is 0 Å². The molecule has 0 saturated heterocycles. The molecule has 0 aliphatic rings. The highest BCUT2D eigenvalue weighted by Gasteiger charge is 2.13. The number of nitrogens with zero attached hydrogens (tertiary/aromatic N) is 3. The molecule has 0 aromatic carbocycles. The average Bonchev–Trinajstić information content (AvgIpc) is 2.47. The first kappa shape index (κ1) is 9.01. The summed E-state index contributed by atoms with van der Waals surface area (Å²) in [6, 6.07) is 1.72. The fourth-order valence-electron chi connectivity index (χ4n) is 1.22. The molecule has 1 N–H and O–H groups in total. The molecule has 72 valence electrons. The molecule has 6 heteroatoms. The van der Waals surface area contributed by atoms with Crippen LogP contribution in [0.4, 0.5) is 0 Å². The topological polar surface area (TPSA) is 67.5 Å². The summed E-state index contributed by atoms with van der Waals surface area (Å²) in [6.07, 6.45) is 1.27. The van der Waals surface area contributed by atoms with Gasteiger partial charge in [0.15, 0.2) is 5.65 Å². The van der Waals surface area contributed by atoms with E-state index in [2.05, 4.69) is 22.7 Å². The van der Waals surface area contributed by atoms with Gasteiger partial charge in [0, 0.05) is 5.69 Å². The van der Waals surface area contributed by atoms with Gasteiger partial charge in [-0.15, -0.1) is 12.6 Å². The van der Waals surface area contributed by atoms with E-state index in [1.165, 1.54) is 10.7 Å². The summed E-state index contributed by atoms with van der Waals surface area (Å²) in [5.74, 6) is -1.04. The second-order valence-electron chi connectivity index (χ2n) is 2.85. The standard InChI is InChI=1S/C8H7N3O2S/c1-4-2-6(14)11-7(10-4)5(3-9-11)8(12)13/h2-3,14H,1H3,(H,12,13). The van der Waals surface area contributed by atoms with Crippen LogP contribution in [0.3, 0.4) is 0 Å². The largest absolute Gasteiger partial charge is 0.477 e. The Morgan fingerprint density at radius 2 is 2.36 bits per heavy atom. The van der Waals surface area contributed by atoms with E-state index >= 15 is 0 Å². The Morgan fingerprint density at radius 1 is 1.64 bits per heavy atom. The van der Waals surface area contributed by atoms with Gasteiger partial charge < -0.3 is 5.11 Å². The maximum atomic E-state index is 10.8. The lowest BCUT2D eigenvalue weighted by molar-refractivity contribution is 0.0699. The zero-order valence-electron chi connectivity index (χ0n) is 7.30. The van der Waals surface area contributed by atoms with E-state index in [0.29, 0.717) is 16.4 Å².